The fourth-order valence-corrected chi connectivity index (χ4v) is 1.93. The van der Waals surface area contributed by atoms with Gasteiger partial charge in [0.15, 0.2) is 0 Å². The summed E-state index contributed by atoms with van der Waals surface area (Å²) in [5, 5.41) is 10.8. The van der Waals surface area contributed by atoms with Gasteiger partial charge in [0, 0.05) is 16.7 Å². The number of anilines is 1. The maximum absolute atomic E-state index is 10.8. The largest absolute Gasteiger partial charge is 0.487 e. The number of hydrogen-bond donors (Lipinski definition) is 2. The van der Waals surface area contributed by atoms with E-state index in [9.17, 15) is 10.1 Å². The maximum atomic E-state index is 10.8. The molecule has 2 rings (SSSR count). The van der Waals surface area contributed by atoms with Crippen LogP contribution in [0.2, 0.25) is 0 Å². The molecule has 3 N–H and O–H groups in total. The smallest absolute Gasteiger partial charge is 0.293 e. The Kier molecular flexibility index (Phi) is 4.49. The van der Waals surface area contributed by atoms with Gasteiger partial charge in [-0.25, -0.2) is 0 Å². The first-order valence-electron chi connectivity index (χ1n) is 5.57. The molecule has 0 fully saturated rings. The zero-order valence-corrected chi connectivity index (χ0v) is 11.8. The molecule has 7 nitrogen and oxygen atoms in total. The molecule has 0 amide bonds. The van der Waals surface area contributed by atoms with Gasteiger partial charge >= 0.3 is 0 Å². The third-order valence-corrected chi connectivity index (χ3v) is 2.93. The summed E-state index contributed by atoms with van der Waals surface area (Å²) in [5.74, 6) is 5.87. The van der Waals surface area contributed by atoms with Crippen molar-refractivity contribution < 1.29 is 9.66 Å². The van der Waals surface area contributed by atoms with Gasteiger partial charge < -0.3 is 10.2 Å². The fourth-order valence-electron chi connectivity index (χ4n) is 1.59. The van der Waals surface area contributed by atoms with Crippen molar-refractivity contribution in [2.45, 2.75) is 6.61 Å². The molecule has 0 radical (unpaired) electrons. The van der Waals surface area contributed by atoms with Crippen molar-refractivity contribution >= 4 is 27.3 Å². The number of nitro benzene ring substituents is 1. The Labute approximate surface area is 123 Å². The van der Waals surface area contributed by atoms with Crippen LogP contribution in [0.5, 0.6) is 5.75 Å². The van der Waals surface area contributed by atoms with E-state index in [4.69, 9.17) is 10.6 Å². The molecular formula is C12H11BrN4O3. The van der Waals surface area contributed by atoms with Crippen LogP contribution in [0.3, 0.4) is 0 Å². The Morgan fingerprint density at radius 1 is 1.40 bits per heavy atom. The van der Waals surface area contributed by atoms with Crippen molar-refractivity contribution in [3.05, 3.63) is 56.8 Å². The summed E-state index contributed by atoms with van der Waals surface area (Å²) in [4.78, 5) is 14.2. The molecule has 1 aromatic heterocycles. The molecular weight excluding hydrogens is 328 g/mol. The second-order valence-electron chi connectivity index (χ2n) is 3.88. The lowest BCUT2D eigenvalue weighted by atomic mass is 10.2. The van der Waals surface area contributed by atoms with Gasteiger partial charge in [0.05, 0.1) is 11.1 Å². The number of pyridine rings is 1. The monoisotopic (exact) mass is 338 g/mol. The molecule has 0 spiro atoms. The van der Waals surface area contributed by atoms with E-state index >= 15 is 0 Å². The number of benzene rings is 1. The van der Waals surface area contributed by atoms with Gasteiger partial charge in [0.1, 0.15) is 18.0 Å². The van der Waals surface area contributed by atoms with E-state index in [1.807, 2.05) is 0 Å². The normalized spacial score (nSPS) is 10.1. The zero-order valence-electron chi connectivity index (χ0n) is 10.2. The molecule has 0 saturated heterocycles. The van der Waals surface area contributed by atoms with Gasteiger partial charge in [0.2, 0.25) is 0 Å². The Morgan fingerprint density at radius 3 is 2.85 bits per heavy atom. The van der Waals surface area contributed by atoms with E-state index in [1.165, 1.54) is 6.07 Å². The number of halogens is 1. The van der Waals surface area contributed by atoms with Crippen molar-refractivity contribution in [2.75, 3.05) is 5.43 Å². The lowest BCUT2D eigenvalue weighted by Crippen LogP contribution is -2.10. The molecule has 1 heterocycles. The van der Waals surface area contributed by atoms with Crippen LogP contribution in [-0.2, 0) is 6.61 Å². The molecule has 20 heavy (non-hydrogen) atoms. The number of nitrogens with one attached hydrogen (secondary N) is 1. The van der Waals surface area contributed by atoms with Crippen molar-refractivity contribution in [2.24, 2.45) is 5.84 Å². The number of hydrazine groups is 1. The van der Waals surface area contributed by atoms with Crippen molar-refractivity contribution in [1.29, 1.82) is 0 Å². The lowest BCUT2D eigenvalue weighted by Gasteiger charge is -2.08. The minimum absolute atomic E-state index is 0.0830. The predicted octanol–water partition coefficient (Wildman–Crippen LogP) is 2.62. The van der Waals surface area contributed by atoms with Crippen LogP contribution in [0.15, 0.2) is 41.1 Å². The van der Waals surface area contributed by atoms with Crippen molar-refractivity contribution in [1.82, 2.24) is 4.98 Å². The van der Waals surface area contributed by atoms with Crippen LogP contribution in [0.1, 0.15) is 5.56 Å². The Bertz CT molecular complexity index is 636. The first-order chi connectivity index (χ1) is 9.60. The first-order valence-corrected chi connectivity index (χ1v) is 6.36. The van der Waals surface area contributed by atoms with Gasteiger partial charge in [-0.15, -0.1) is 0 Å². The van der Waals surface area contributed by atoms with Gasteiger partial charge in [-0.05, 0) is 39.7 Å². The molecule has 0 atom stereocenters. The highest BCUT2D eigenvalue weighted by Gasteiger charge is 2.13. The van der Waals surface area contributed by atoms with Gasteiger partial charge in [0.25, 0.3) is 5.69 Å². The average Bonchev–Trinajstić information content (AvgIpc) is 2.44. The van der Waals surface area contributed by atoms with Gasteiger partial charge in [-0.2, -0.15) is 0 Å². The second-order valence-corrected chi connectivity index (χ2v) is 4.80. The zero-order chi connectivity index (χ0) is 14.5. The van der Waals surface area contributed by atoms with Crippen molar-refractivity contribution in [3.8, 4) is 5.75 Å². The summed E-state index contributed by atoms with van der Waals surface area (Å²) in [5.41, 5.74) is 3.22. The third kappa shape index (κ3) is 3.43. The molecule has 104 valence electrons. The van der Waals surface area contributed by atoms with Crippen LogP contribution in [-0.4, -0.2) is 9.91 Å². The minimum Gasteiger partial charge on any atom is -0.487 e. The molecule has 0 saturated carbocycles. The standard InChI is InChI=1S/C12H11BrN4O3/c13-9-4-10(6-15-5-9)20-7-8-1-2-12(17(18)19)11(3-8)16-14/h1-6,16H,7,14H2. The van der Waals surface area contributed by atoms with Crippen LogP contribution in [0, 0.1) is 10.1 Å². The summed E-state index contributed by atoms with van der Waals surface area (Å²) >= 11 is 3.29. The summed E-state index contributed by atoms with van der Waals surface area (Å²) in [6.45, 7) is 0.255. The van der Waals surface area contributed by atoms with Gasteiger partial charge in [-0.1, -0.05) is 0 Å². The second kappa shape index (κ2) is 6.31. The molecule has 0 unspecified atom stereocenters. The highest BCUT2D eigenvalue weighted by Crippen LogP contribution is 2.25. The number of nitrogens with zero attached hydrogens (tertiary/aromatic N) is 2. The van der Waals surface area contributed by atoms with E-state index in [-0.39, 0.29) is 18.0 Å². The molecule has 1 aromatic carbocycles. The quantitative estimate of drug-likeness (QED) is 0.493. The topological polar surface area (TPSA) is 103 Å². The molecule has 0 aliphatic heterocycles. The molecule has 2 aromatic rings. The number of nitrogens with two attached hydrogens (primary N) is 1. The average molecular weight is 339 g/mol. The minimum atomic E-state index is -0.502. The summed E-state index contributed by atoms with van der Waals surface area (Å²) in [6, 6.07) is 6.35. The first kappa shape index (κ1) is 14.2. The number of nitrogen functional groups attached to an aromatic ring is 1. The maximum Gasteiger partial charge on any atom is 0.293 e. The summed E-state index contributed by atoms with van der Waals surface area (Å²) in [6.07, 6.45) is 3.23. The Morgan fingerprint density at radius 2 is 2.20 bits per heavy atom. The number of hydrogen-bond acceptors (Lipinski definition) is 6. The summed E-state index contributed by atoms with van der Waals surface area (Å²) < 4.78 is 6.35. The van der Waals surface area contributed by atoms with Crippen LogP contribution in [0.4, 0.5) is 11.4 Å². The number of aromatic nitrogens is 1. The van der Waals surface area contributed by atoms with E-state index in [1.54, 1.807) is 30.6 Å². The van der Waals surface area contributed by atoms with E-state index in [0.29, 0.717) is 5.75 Å². The fraction of sp³-hybridized carbons (Fsp3) is 0.0833. The van der Waals surface area contributed by atoms with Crippen molar-refractivity contribution in [3.63, 3.8) is 0 Å². The molecule has 8 heteroatoms. The Balaban J connectivity index is 2.12. The lowest BCUT2D eigenvalue weighted by molar-refractivity contribution is -0.384. The molecule has 0 aliphatic rings. The Hall–Kier alpha value is -2.19. The SMILES string of the molecule is NNc1cc(COc2cncc(Br)c2)ccc1[N+](=O)[O-]. The van der Waals surface area contributed by atoms with E-state index < -0.39 is 4.92 Å². The van der Waals surface area contributed by atoms with Crippen LogP contribution in [0.25, 0.3) is 0 Å². The number of ether oxygens (including phenoxy) is 1. The third-order valence-electron chi connectivity index (χ3n) is 2.50. The number of rotatable bonds is 5. The van der Waals surface area contributed by atoms with Crippen LogP contribution >= 0.6 is 15.9 Å². The van der Waals surface area contributed by atoms with E-state index in [0.717, 1.165) is 10.0 Å². The van der Waals surface area contributed by atoms with E-state index in [2.05, 4.69) is 26.3 Å². The van der Waals surface area contributed by atoms with Gasteiger partial charge in [-0.3, -0.25) is 20.9 Å². The number of nitro groups is 1. The predicted molar refractivity (Wildman–Crippen MR) is 77.2 cm³/mol. The van der Waals surface area contributed by atoms with Crippen LogP contribution < -0.4 is 16.0 Å². The summed E-state index contributed by atoms with van der Waals surface area (Å²) in [7, 11) is 0. The highest BCUT2D eigenvalue weighted by molar-refractivity contribution is 9.10. The molecule has 0 aliphatic carbocycles. The highest BCUT2D eigenvalue weighted by atomic mass is 79.9. The molecule has 0 bridgehead atoms.